The number of carbonyl (C=O) groups excluding carboxylic acids is 1. The van der Waals surface area contributed by atoms with Crippen LogP contribution in [-0.4, -0.2) is 55.0 Å². The van der Waals surface area contributed by atoms with E-state index in [9.17, 15) is 4.79 Å². The largest absolute Gasteiger partial charge is 0.385 e. The number of aryl methyl sites for hydroxylation is 1. The predicted molar refractivity (Wildman–Crippen MR) is 88.0 cm³/mol. The van der Waals surface area contributed by atoms with E-state index in [2.05, 4.69) is 31.1 Å². The number of carbonyl (C=O) groups is 1. The molecule has 116 valence electrons. The zero-order chi connectivity index (χ0) is 15.4. The standard InChI is InChI=1S/C17H27N3O/c1-5-15-12-20(10-9-19(15)4)17(21)14-7-8-16(18-6-2)13(3)11-14/h7-8,11,15,18H,5-6,9-10,12H2,1-4H3. The molecule has 1 saturated heterocycles. The molecule has 0 radical (unpaired) electrons. The molecule has 1 amide bonds. The van der Waals surface area contributed by atoms with E-state index < -0.39 is 0 Å². The Morgan fingerprint density at radius 2 is 2.10 bits per heavy atom. The smallest absolute Gasteiger partial charge is 0.253 e. The lowest BCUT2D eigenvalue weighted by atomic mass is 10.1. The van der Waals surface area contributed by atoms with Gasteiger partial charge in [-0.3, -0.25) is 9.69 Å². The molecule has 1 aromatic carbocycles. The Kier molecular flexibility index (Phi) is 5.23. The van der Waals surface area contributed by atoms with Crippen molar-refractivity contribution in [3.05, 3.63) is 29.3 Å². The molecule has 1 unspecified atom stereocenters. The van der Waals surface area contributed by atoms with Gasteiger partial charge in [0.1, 0.15) is 0 Å². The number of hydrogen-bond acceptors (Lipinski definition) is 3. The van der Waals surface area contributed by atoms with Crippen LogP contribution >= 0.6 is 0 Å². The van der Waals surface area contributed by atoms with Crippen LogP contribution < -0.4 is 5.32 Å². The third-order valence-corrected chi connectivity index (χ3v) is 4.38. The van der Waals surface area contributed by atoms with Gasteiger partial charge in [-0.05, 0) is 51.1 Å². The summed E-state index contributed by atoms with van der Waals surface area (Å²) in [5.41, 5.74) is 3.04. The third-order valence-electron chi connectivity index (χ3n) is 4.38. The molecule has 4 heteroatoms. The van der Waals surface area contributed by atoms with Crippen molar-refractivity contribution in [1.82, 2.24) is 9.80 Å². The normalized spacial score (nSPS) is 19.6. The van der Waals surface area contributed by atoms with Crippen LogP contribution in [0.25, 0.3) is 0 Å². The van der Waals surface area contributed by atoms with Gasteiger partial charge < -0.3 is 10.2 Å². The summed E-state index contributed by atoms with van der Waals surface area (Å²) in [7, 11) is 2.14. The van der Waals surface area contributed by atoms with Gasteiger partial charge in [-0.2, -0.15) is 0 Å². The topological polar surface area (TPSA) is 35.6 Å². The molecule has 0 bridgehead atoms. The fourth-order valence-corrected chi connectivity index (χ4v) is 2.94. The summed E-state index contributed by atoms with van der Waals surface area (Å²) in [5, 5.41) is 3.31. The Morgan fingerprint density at radius 1 is 1.33 bits per heavy atom. The number of likely N-dealkylation sites (N-methyl/N-ethyl adjacent to an activating group) is 1. The second kappa shape index (κ2) is 6.94. The van der Waals surface area contributed by atoms with Gasteiger partial charge in [0, 0.05) is 43.5 Å². The number of amides is 1. The van der Waals surface area contributed by atoms with Crippen LogP contribution in [0.1, 0.15) is 36.2 Å². The van der Waals surface area contributed by atoms with Crippen molar-refractivity contribution in [3.8, 4) is 0 Å². The maximum atomic E-state index is 12.7. The number of nitrogens with one attached hydrogen (secondary N) is 1. The molecule has 0 aliphatic carbocycles. The van der Waals surface area contributed by atoms with Crippen molar-refractivity contribution in [1.29, 1.82) is 0 Å². The van der Waals surface area contributed by atoms with Gasteiger partial charge in [-0.1, -0.05) is 6.92 Å². The highest BCUT2D eigenvalue weighted by molar-refractivity contribution is 5.95. The maximum Gasteiger partial charge on any atom is 0.253 e. The molecule has 1 aliphatic heterocycles. The van der Waals surface area contributed by atoms with Crippen LogP contribution in [0.4, 0.5) is 5.69 Å². The first-order chi connectivity index (χ1) is 10.1. The Morgan fingerprint density at radius 3 is 2.71 bits per heavy atom. The molecule has 1 atom stereocenters. The van der Waals surface area contributed by atoms with Gasteiger partial charge in [0.25, 0.3) is 5.91 Å². The molecule has 2 rings (SSSR count). The first-order valence-corrected chi connectivity index (χ1v) is 7.90. The van der Waals surface area contributed by atoms with Crippen molar-refractivity contribution in [3.63, 3.8) is 0 Å². The average molecular weight is 289 g/mol. The Labute approximate surface area is 128 Å². The summed E-state index contributed by atoms with van der Waals surface area (Å²) >= 11 is 0. The van der Waals surface area contributed by atoms with Gasteiger partial charge in [-0.15, -0.1) is 0 Å². The molecule has 21 heavy (non-hydrogen) atoms. The first kappa shape index (κ1) is 15.8. The van der Waals surface area contributed by atoms with E-state index in [0.717, 1.165) is 49.4 Å². The van der Waals surface area contributed by atoms with E-state index in [-0.39, 0.29) is 5.91 Å². The second-order valence-corrected chi connectivity index (χ2v) is 5.85. The molecule has 4 nitrogen and oxygen atoms in total. The summed E-state index contributed by atoms with van der Waals surface area (Å²) in [4.78, 5) is 17.0. The van der Waals surface area contributed by atoms with Crippen LogP contribution in [-0.2, 0) is 0 Å². The summed E-state index contributed by atoms with van der Waals surface area (Å²) in [6.07, 6.45) is 1.08. The highest BCUT2D eigenvalue weighted by Crippen LogP contribution is 2.19. The SMILES string of the molecule is CCNc1ccc(C(=O)N2CCN(C)C(CC)C2)cc1C. The van der Waals surface area contributed by atoms with E-state index in [0.29, 0.717) is 6.04 Å². The predicted octanol–water partition coefficient (Wildman–Crippen LogP) is 2.59. The van der Waals surface area contributed by atoms with Gasteiger partial charge in [0.15, 0.2) is 0 Å². The van der Waals surface area contributed by atoms with Crippen LogP contribution in [0.3, 0.4) is 0 Å². The highest BCUT2D eigenvalue weighted by atomic mass is 16.2. The van der Waals surface area contributed by atoms with Crippen molar-refractivity contribution in [2.75, 3.05) is 38.5 Å². The molecule has 1 heterocycles. The summed E-state index contributed by atoms with van der Waals surface area (Å²) in [6.45, 7) is 9.81. The molecule has 1 aliphatic rings. The minimum Gasteiger partial charge on any atom is -0.385 e. The van der Waals surface area contributed by atoms with Crippen LogP contribution in [0.5, 0.6) is 0 Å². The molecule has 1 N–H and O–H groups in total. The molecule has 0 spiro atoms. The van der Waals surface area contributed by atoms with Crippen molar-refractivity contribution >= 4 is 11.6 Å². The van der Waals surface area contributed by atoms with Gasteiger partial charge in [-0.25, -0.2) is 0 Å². The summed E-state index contributed by atoms with van der Waals surface area (Å²) in [5.74, 6) is 0.160. The van der Waals surface area contributed by atoms with E-state index in [1.807, 2.05) is 30.0 Å². The molecular weight excluding hydrogens is 262 g/mol. The zero-order valence-corrected chi connectivity index (χ0v) is 13.6. The second-order valence-electron chi connectivity index (χ2n) is 5.85. The van der Waals surface area contributed by atoms with Crippen LogP contribution in [0.15, 0.2) is 18.2 Å². The molecular formula is C17H27N3O. The van der Waals surface area contributed by atoms with Crippen LogP contribution in [0.2, 0.25) is 0 Å². The van der Waals surface area contributed by atoms with Gasteiger partial charge in [0.2, 0.25) is 0 Å². The lowest BCUT2D eigenvalue weighted by molar-refractivity contribution is 0.0542. The lowest BCUT2D eigenvalue weighted by Gasteiger charge is -2.39. The van der Waals surface area contributed by atoms with Gasteiger partial charge in [0.05, 0.1) is 0 Å². The lowest BCUT2D eigenvalue weighted by Crippen LogP contribution is -2.52. The number of piperazine rings is 1. The minimum atomic E-state index is 0.160. The minimum absolute atomic E-state index is 0.160. The summed E-state index contributed by atoms with van der Waals surface area (Å²) in [6, 6.07) is 6.43. The van der Waals surface area contributed by atoms with Crippen molar-refractivity contribution in [2.45, 2.75) is 33.2 Å². The number of hydrogen-bond donors (Lipinski definition) is 1. The molecule has 1 aromatic rings. The third kappa shape index (κ3) is 3.56. The number of rotatable bonds is 4. The maximum absolute atomic E-state index is 12.7. The van der Waals surface area contributed by atoms with Crippen LogP contribution in [0, 0.1) is 6.92 Å². The molecule has 1 fully saturated rings. The quantitative estimate of drug-likeness (QED) is 0.925. The fraction of sp³-hybridized carbons (Fsp3) is 0.588. The van der Waals surface area contributed by atoms with E-state index in [1.165, 1.54) is 0 Å². The number of nitrogens with zero attached hydrogens (tertiary/aromatic N) is 2. The van der Waals surface area contributed by atoms with E-state index >= 15 is 0 Å². The van der Waals surface area contributed by atoms with Gasteiger partial charge >= 0.3 is 0 Å². The first-order valence-electron chi connectivity index (χ1n) is 7.90. The number of benzene rings is 1. The fourth-order valence-electron chi connectivity index (χ4n) is 2.94. The molecule has 0 aromatic heterocycles. The van der Waals surface area contributed by atoms with E-state index in [4.69, 9.17) is 0 Å². The summed E-state index contributed by atoms with van der Waals surface area (Å²) < 4.78 is 0. The monoisotopic (exact) mass is 289 g/mol. The molecule has 0 saturated carbocycles. The Balaban J connectivity index is 2.11. The number of anilines is 1. The van der Waals surface area contributed by atoms with Crippen molar-refractivity contribution in [2.24, 2.45) is 0 Å². The van der Waals surface area contributed by atoms with E-state index in [1.54, 1.807) is 0 Å². The highest BCUT2D eigenvalue weighted by Gasteiger charge is 2.26. The average Bonchev–Trinajstić information content (AvgIpc) is 2.49. The Bertz CT molecular complexity index is 501. The van der Waals surface area contributed by atoms with Crippen molar-refractivity contribution < 1.29 is 4.79 Å². The Hall–Kier alpha value is -1.55. The zero-order valence-electron chi connectivity index (χ0n) is 13.6.